The summed E-state index contributed by atoms with van der Waals surface area (Å²) in [4.78, 5) is 16.8. The van der Waals surface area contributed by atoms with E-state index in [0.29, 0.717) is 32.2 Å². The molecule has 0 radical (unpaired) electrons. The first-order chi connectivity index (χ1) is 19.0. The highest BCUT2D eigenvalue weighted by Gasteiger charge is 2.42. The van der Waals surface area contributed by atoms with Gasteiger partial charge in [0.2, 0.25) is 0 Å². The molecule has 0 atom stereocenters. The van der Waals surface area contributed by atoms with Gasteiger partial charge in [-0.1, -0.05) is 44.2 Å². The fraction of sp³-hybridized carbons (Fsp3) is 0.424. The lowest BCUT2D eigenvalue weighted by Crippen LogP contribution is -2.47. The highest BCUT2D eigenvalue weighted by Crippen LogP contribution is 2.43. The molecule has 2 fully saturated rings. The summed E-state index contributed by atoms with van der Waals surface area (Å²) >= 11 is 0. The largest absolute Gasteiger partial charge is 0.487 e. The second-order valence-corrected chi connectivity index (χ2v) is 11.6. The maximum Gasteiger partial charge on any atom is 0.321 e. The molecule has 39 heavy (non-hydrogen) atoms. The number of fused-ring (bicyclic) bond motifs is 1. The summed E-state index contributed by atoms with van der Waals surface area (Å²) in [5, 5.41) is 3.00. The van der Waals surface area contributed by atoms with Crippen LogP contribution in [-0.4, -0.2) is 55.9 Å². The number of hydrogen-bond donors (Lipinski definition) is 1. The van der Waals surface area contributed by atoms with Crippen LogP contribution < -0.4 is 15.0 Å². The number of anilines is 2. The highest BCUT2D eigenvalue weighted by atomic mass is 16.5. The molecule has 3 heterocycles. The predicted molar refractivity (Wildman–Crippen MR) is 157 cm³/mol. The summed E-state index contributed by atoms with van der Waals surface area (Å²) in [6.07, 6.45) is 4.16. The van der Waals surface area contributed by atoms with E-state index in [9.17, 15) is 4.79 Å². The van der Waals surface area contributed by atoms with Crippen molar-refractivity contribution < 1.29 is 14.3 Å². The van der Waals surface area contributed by atoms with Crippen molar-refractivity contribution in [1.82, 2.24) is 4.90 Å². The quantitative estimate of drug-likeness (QED) is 0.419. The number of nitrogens with one attached hydrogen (secondary N) is 1. The Morgan fingerprint density at radius 3 is 2.28 bits per heavy atom. The van der Waals surface area contributed by atoms with Gasteiger partial charge in [-0.25, -0.2) is 4.79 Å². The Morgan fingerprint density at radius 2 is 1.59 bits per heavy atom. The van der Waals surface area contributed by atoms with E-state index in [1.807, 2.05) is 12.1 Å². The van der Waals surface area contributed by atoms with Crippen molar-refractivity contribution >= 4 is 17.4 Å². The van der Waals surface area contributed by atoms with Gasteiger partial charge in [-0.15, -0.1) is 0 Å². The van der Waals surface area contributed by atoms with Crippen LogP contribution in [0.3, 0.4) is 0 Å². The van der Waals surface area contributed by atoms with Crippen LogP contribution in [0, 0.1) is 5.92 Å². The summed E-state index contributed by atoms with van der Waals surface area (Å²) in [6, 6.07) is 23.7. The van der Waals surface area contributed by atoms with Gasteiger partial charge in [-0.3, -0.25) is 0 Å². The molecule has 3 aliphatic rings. The highest BCUT2D eigenvalue weighted by molar-refractivity contribution is 5.89. The van der Waals surface area contributed by atoms with Gasteiger partial charge < -0.3 is 24.6 Å². The molecule has 6 heteroatoms. The summed E-state index contributed by atoms with van der Waals surface area (Å²) in [5.74, 6) is 1.71. The van der Waals surface area contributed by atoms with Gasteiger partial charge in [0.1, 0.15) is 11.4 Å². The van der Waals surface area contributed by atoms with Gasteiger partial charge in [-0.05, 0) is 71.0 Å². The molecule has 3 aliphatic heterocycles. The summed E-state index contributed by atoms with van der Waals surface area (Å²) < 4.78 is 11.9. The standard InChI is InChI=1S/C33H39N3O3/c1-24(2)21-25-3-10-30(11-4-25)35-15-13-33(14-16-35)23-28-22-27(7-12-31(28)39-33)26-5-8-29(9-6-26)34-32(37)36-17-19-38-20-18-36/h3-12,22,24H,13-21,23H2,1-2H3,(H,34,37). The van der Waals surface area contributed by atoms with E-state index in [-0.39, 0.29) is 11.6 Å². The lowest BCUT2D eigenvalue weighted by molar-refractivity contribution is 0.0564. The fourth-order valence-electron chi connectivity index (χ4n) is 6.09. The van der Waals surface area contributed by atoms with Crippen LogP contribution in [-0.2, 0) is 17.6 Å². The third-order valence-corrected chi connectivity index (χ3v) is 8.29. The zero-order valence-corrected chi connectivity index (χ0v) is 23.1. The van der Waals surface area contributed by atoms with Crippen LogP contribution in [0.4, 0.5) is 16.2 Å². The Kier molecular flexibility index (Phi) is 7.22. The average Bonchev–Trinajstić information content (AvgIpc) is 3.31. The number of piperidine rings is 1. The maximum absolute atomic E-state index is 12.5. The number of carbonyl (C=O) groups excluding carboxylic acids is 1. The lowest BCUT2D eigenvalue weighted by Gasteiger charge is -2.39. The second kappa shape index (κ2) is 10.9. The number of hydrogen-bond acceptors (Lipinski definition) is 4. The van der Waals surface area contributed by atoms with Gasteiger partial charge in [0.15, 0.2) is 0 Å². The van der Waals surface area contributed by atoms with Crippen LogP contribution in [0.25, 0.3) is 11.1 Å². The molecular weight excluding hydrogens is 486 g/mol. The third-order valence-electron chi connectivity index (χ3n) is 8.29. The first-order valence-corrected chi connectivity index (χ1v) is 14.4. The zero-order chi connectivity index (χ0) is 26.8. The smallest absolute Gasteiger partial charge is 0.321 e. The Hall–Kier alpha value is -3.51. The van der Waals surface area contributed by atoms with Crippen molar-refractivity contribution in [3.63, 3.8) is 0 Å². The van der Waals surface area contributed by atoms with Gasteiger partial charge in [0.05, 0.1) is 13.2 Å². The normalized spacial score (nSPS) is 18.2. The predicted octanol–water partition coefficient (Wildman–Crippen LogP) is 6.39. The first-order valence-electron chi connectivity index (χ1n) is 14.4. The Bertz CT molecular complexity index is 1290. The number of rotatable bonds is 5. The number of benzene rings is 3. The minimum Gasteiger partial charge on any atom is -0.487 e. The van der Waals surface area contributed by atoms with Gasteiger partial charge in [0, 0.05) is 56.8 Å². The van der Waals surface area contributed by atoms with Crippen LogP contribution in [0.1, 0.15) is 37.8 Å². The van der Waals surface area contributed by atoms with Gasteiger partial charge in [-0.2, -0.15) is 0 Å². The van der Waals surface area contributed by atoms with Crippen molar-refractivity contribution in [2.24, 2.45) is 5.92 Å². The summed E-state index contributed by atoms with van der Waals surface area (Å²) in [7, 11) is 0. The molecule has 3 aromatic carbocycles. The van der Waals surface area contributed by atoms with Crippen molar-refractivity contribution in [2.75, 3.05) is 49.6 Å². The molecule has 6 nitrogen and oxygen atoms in total. The summed E-state index contributed by atoms with van der Waals surface area (Å²) in [6.45, 7) is 9.03. The molecular formula is C33H39N3O3. The topological polar surface area (TPSA) is 54.0 Å². The third kappa shape index (κ3) is 5.76. The van der Waals surface area contributed by atoms with Crippen LogP contribution in [0.2, 0.25) is 0 Å². The monoisotopic (exact) mass is 525 g/mol. The van der Waals surface area contributed by atoms with Crippen LogP contribution in [0.5, 0.6) is 5.75 Å². The molecule has 6 rings (SSSR count). The fourth-order valence-corrected chi connectivity index (χ4v) is 6.09. The number of ether oxygens (including phenoxy) is 2. The molecule has 0 bridgehead atoms. The zero-order valence-electron chi connectivity index (χ0n) is 23.1. The van der Waals surface area contributed by atoms with E-state index in [2.05, 4.69) is 78.7 Å². The molecule has 204 valence electrons. The molecule has 0 saturated carbocycles. The van der Waals surface area contributed by atoms with Crippen molar-refractivity contribution in [2.45, 2.75) is 45.1 Å². The Morgan fingerprint density at radius 1 is 0.897 bits per heavy atom. The minimum absolute atomic E-state index is 0.0692. The van der Waals surface area contributed by atoms with Gasteiger partial charge in [0.25, 0.3) is 0 Å². The van der Waals surface area contributed by atoms with Crippen LogP contribution >= 0.6 is 0 Å². The SMILES string of the molecule is CC(C)Cc1ccc(N2CCC3(CC2)Cc2cc(-c4ccc(NC(=O)N5CCOCC5)cc4)ccc2O3)cc1. The molecule has 1 spiro atoms. The van der Waals surface area contributed by atoms with E-state index in [1.54, 1.807) is 4.90 Å². The minimum atomic E-state index is -0.0946. The number of morpholine rings is 1. The van der Waals surface area contributed by atoms with Crippen LogP contribution in [0.15, 0.2) is 66.7 Å². The molecule has 1 N–H and O–H groups in total. The Labute approximate surface area is 231 Å². The summed E-state index contributed by atoms with van der Waals surface area (Å²) in [5.41, 5.74) is 7.06. The van der Waals surface area contributed by atoms with E-state index in [4.69, 9.17) is 9.47 Å². The van der Waals surface area contributed by atoms with E-state index in [1.165, 1.54) is 22.4 Å². The average molecular weight is 526 g/mol. The second-order valence-electron chi connectivity index (χ2n) is 11.6. The molecule has 2 saturated heterocycles. The molecule has 0 aliphatic carbocycles. The van der Waals surface area contributed by atoms with Crippen molar-refractivity contribution in [1.29, 1.82) is 0 Å². The maximum atomic E-state index is 12.5. The van der Waals surface area contributed by atoms with Crippen molar-refractivity contribution in [3.05, 3.63) is 77.9 Å². The molecule has 0 unspecified atom stereocenters. The van der Waals surface area contributed by atoms with E-state index >= 15 is 0 Å². The lowest BCUT2D eigenvalue weighted by atomic mass is 9.86. The van der Waals surface area contributed by atoms with Gasteiger partial charge >= 0.3 is 6.03 Å². The Balaban J connectivity index is 1.06. The number of nitrogens with zero attached hydrogens (tertiary/aromatic N) is 2. The van der Waals surface area contributed by atoms with E-state index < -0.39 is 0 Å². The van der Waals surface area contributed by atoms with Crippen molar-refractivity contribution in [3.8, 4) is 16.9 Å². The number of carbonyl (C=O) groups is 1. The molecule has 0 aromatic heterocycles. The first kappa shape index (κ1) is 25.8. The van der Waals surface area contributed by atoms with E-state index in [0.717, 1.165) is 55.8 Å². The molecule has 2 amide bonds. The molecule has 3 aromatic rings. The number of urea groups is 1. The number of amides is 2.